The van der Waals surface area contributed by atoms with Crippen LogP contribution in [0.15, 0.2) is 72.8 Å². The lowest BCUT2D eigenvalue weighted by molar-refractivity contribution is -0.105. The monoisotopic (exact) mass is 314 g/mol. The molecule has 0 heterocycles. The quantitative estimate of drug-likeness (QED) is 0.552. The molecule has 122 valence electrons. The van der Waals surface area contributed by atoms with E-state index in [1.807, 2.05) is 60.7 Å². The van der Waals surface area contributed by atoms with Crippen molar-refractivity contribution >= 4 is 0 Å². The molecule has 0 aliphatic rings. The summed E-state index contributed by atoms with van der Waals surface area (Å²) in [5.74, 6) is 0. The second kappa shape index (κ2) is 9.92. The molecule has 0 spiro atoms. The van der Waals surface area contributed by atoms with Gasteiger partial charge in [-0.15, -0.1) is 0 Å². The average Bonchev–Trinajstić information content (AvgIpc) is 2.60. The van der Waals surface area contributed by atoms with E-state index in [4.69, 9.17) is 9.47 Å². The summed E-state index contributed by atoms with van der Waals surface area (Å²) < 4.78 is 10.6. The number of hydrogen-bond acceptors (Lipinski definition) is 4. The van der Waals surface area contributed by atoms with Crippen LogP contribution in [0.4, 0.5) is 0 Å². The number of aliphatic hydroxyl groups is 2. The zero-order valence-electron chi connectivity index (χ0n) is 12.9. The number of hydrogen-bond donors (Lipinski definition) is 2. The summed E-state index contributed by atoms with van der Waals surface area (Å²) in [4.78, 5) is 0. The van der Waals surface area contributed by atoms with Crippen LogP contribution in [0.25, 0.3) is 0 Å². The van der Waals surface area contributed by atoms with Crippen molar-refractivity contribution in [2.75, 3.05) is 0 Å². The first-order valence-electron chi connectivity index (χ1n) is 7.58. The normalized spacial score (nSPS) is 14.0. The van der Waals surface area contributed by atoms with Gasteiger partial charge in [0.1, 0.15) is 0 Å². The molecule has 0 fully saturated rings. The van der Waals surface area contributed by atoms with Gasteiger partial charge in [0.15, 0.2) is 12.6 Å². The molecule has 0 radical (unpaired) electrons. The van der Waals surface area contributed by atoms with Crippen molar-refractivity contribution in [1.29, 1.82) is 0 Å². The van der Waals surface area contributed by atoms with Gasteiger partial charge in [-0.2, -0.15) is 0 Å². The van der Waals surface area contributed by atoms with E-state index in [1.165, 1.54) is 6.08 Å². The van der Waals surface area contributed by atoms with E-state index in [2.05, 4.69) is 0 Å². The van der Waals surface area contributed by atoms with E-state index >= 15 is 0 Å². The zero-order chi connectivity index (χ0) is 16.3. The highest BCUT2D eigenvalue weighted by molar-refractivity contribution is 5.14. The molecule has 2 rings (SSSR count). The second-order valence-electron chi connectivity index (χ2n) is 5.10. The van der Waals surface area contributed by atoms with Gasteiger partial charge in [-0.05, 0) is 17.2 Å². The molecule has 0 unspecified atom stereocenters. The van der Waals surface area contributed by atoms with E-state index in [1.54, 1.807) is 6.08 Å². The second-order valence-corrected chi connectivity index (χ2v) is 5.10. The van der Waals surface area contributed by atoms with Gasteiger partial charge >= 0.3 is 0 Å². The molecule has 0 aliphatic heterocycles. The third-order valence-corrected chi connectivity index (χ3v) is 3.19. The van der Waals surface area contributed by atoms with Gasteiger partial charge in [0, 0.05) is 6.42 Å². The Morgan fingerprint density at radius 1 is 0.783 bits per heavy atom. The van der Waals surface area contributed by atoms with Crippen LogP contribution in [0.1, 0.15) is 17.5 Å². The molecular weight excluding hydrogens is 292 g/mol. The van der Waals surface area contributed by atoms with Crippen LogP contribution in [-0.4, -0.2) is 22.8 Å². The van der Waals surface area contributed by atoms with E-state index in [-0.39, 0.29) is 0 Å². The summed E-state index contributed by atoms with van der Waals surface area (Å²) >= 11 is 0. The molecule has 23 heavy (non-hydrogen) atoms. The van der Waals surface area contributed by atoms with Crippen LogP contribution in [0, 0.1) is 0 Å². The van der Waals surface area contributed by atoms with Crippen LogP contribution in [0.3, 0.4) is 0 Å². The predicted octanol–water partition coefficient (Wildman–Crippen LogP) is 3.00. The molecule has 2 aromatic rings. The fourth-order valence-electron chi connectivity index (χ4n) is 1.96. The zero-order valence-corrected chi connectivity index (χ0v) is 12.9. The highest BCUT2D eigenvalue weighted by Gasteiger charge is 2.04. The van der Waals surface area contributed by atoms with E-state index in [0.29, 0.717) is 19.6 Å². The Labute approximate surface area is 136 Å². The third kappa shape index (κ3) is 7.21. The van der Waals surface area contributed by atoms with Crippen molar-refractivity contribution in [3.05, 3.63) is 83.9 Å². The summed E-state index contributed by atoms with van der Waals surface area (Å²) in [5, 5.41) is 19.4. The Morgan fingerprint density at radius 3 is 1.87 bits per heavy atom. The van der Waals surface area contributed by atoms with Crippen LogP contribution in [-0.2, 0) is 22.7 Å². The van der Waals surface area contributed by atoms with Gasteiger partial charge in [-0.1, -0.05) is 66.7 Å². The summed E-state index contributed by atoms with van der Waals surface area (Å²) in [6, 6.07) is 19.3. The SMILES string of the molecule is O[C@@H](/C=C/C[C@H](O)OCc1ccccc1)OCc1ccccc1. The fraction of sp³-hybridized carbons (Fsp3) is 0.263. The Bertz CT molecular complexity index is 568. The van der Waals surface area contributed by atoms with Crippen LogP contribution < -0.4 is 0 Å². The summed E-state index contributed by atoms with van der Waals surface area (Å²) in [5.41, 5.74) is 1.99. The number of ether oxygens (including phenoxy) is 2. The van der Waals surface area contributed by atoms with Crippen molar-refractivity contribution in [2.24, 2.45) is 0 Å². The predicted molar refractivity (Wildman–Crippen MR) is 88.2 cm³/mol. The molecule has 2 N–H and O–H groups in total. The Kier molecular flexibility index (Phi) is 7.49. The van der Waals surface area contributed by atoms with Gasteiger partial charge < -0.3 is 19.7 Å². The van der Waals surface area contributed by atoms with Gasteiger partial charge in [0.2, 0.25) is 0 Å². The van der Waals surface area contributed by atoms with Gasteiger partial charge in [-0.3, -0.25) is 0 Å². The maximum Gasteiger partial charge on any atom is 0.174 e. The first-order chi connectivity index (χ1) is 11.2. The lowest BCUT2D eigenvalue weighted by Gasteiger charge is -2.11. The maximum absolute atomic E-state index is 9.74. The molecule has 2 atom stereocenters. The first-order valence-corrected chi connectivity index (χ1v) is 7.58. The van der Waals surface area contributed by atoms with Gasteiger partial charge in [0.05, 0.1) is 13.2 Å². The minimum atomic E-state index is -1.00. The molecular formula is C19H22O4. The van der Waals surface area contributed by atoms with Gasteiger partial charge in [0.25, 0.3) is 0 Å². The van der Waals surface area contributed by atoms with Crippen LogP contribution in [0.5, 0.6) is 0 Å². The number of aliphatic hydroxyl groups excluding tert-OH is 2. The molecule has 4 nitrogen and oxygen atoms in total. The topological polar surface area (TPSA) is 58.9 Å². The minimum Gasteiger partial charge on any atom is -0.368 e. The Balaban J connectivity index is 1.62. The molecule has 0 saturated carbocycles. The van der Waals surface area contributed by atoms with E-state index < -0.39 is 12.6 Å². The lowest BCUT2D eigenvalue weighted by Crippen LogP contribution is -2.12. The van der Waals surface area contributed by atoms with E-state index in [0.717, 1.165) is 11.1 Å². The average molecular weight is 314 g/mol. The Morgan fingerprint density at radius 2 is 1.30 bits per heavy atom. The minimum absolute atomic E-state index is 0.290. The van der Waals surface area contributed by atoms with Gasteiger partial charge in [-0.25, -0.2) is 0 Å². The summed E-state index contributed by atoms with van der Waals surface area (Å²) in [7, 11) is 0. The molecule has 0 aromatic heterocycles. The summed E-state index contributed by atoms with van der Waals surface area (Å²) in [6.45, 7) is 0.683. The van der Waals surface area contributed by atoms with Crippen LogP contribution in [0.2, 0.25) is 0 Å². The van der Waals surface area contributed by atoms with Crippen molar-refractivity contribution < 1.29 is 19.7 Å². The lowest BCUT2D eigenvalue weighted by atomic mass is 10.2. The Hall–Kier alpha value is -1.98. The third-order valence-electron chi connectivity index (χ3n) is 3.19. The smallest absolute Gasteiger partial charge is 0.174 e. The highest BCUT2D eigenvalue weighted by atomic mass is 16.6. The fourth-order valence-corrected chi connectivity index (χ4v) is 1.96. The molecule has 4 heteroatoms. The molecule has 0 aliphatic carbocycles. The maximum atomic E-state index is 9.74. The molecule has 2 aromatic carbocycles. The standard InChI is InChI=1S/C19H22O4/c20-18(22-14-16-8-3-1-4-9-16)12-7-13-19(21)23-15-17-10-5-2-6-11-17/h1-12,18-21H,13-15H2/b12-7+/t18-,19-/m1/s1. The van der Waals surface area contributed by atoms with Crippen LogP contribution >= 0.6 is 0 Å². The largest absolute Gasteiger partial charge is 0.368 e. The highest BCUT2D eigenvalue weighted by Crippen LogP contribution is 2.06. The molecule has 0 saturated heterocycles. The number of benzene rings is 2. The first kappa shape index (κ1) is 17.4. The van der Waals surface area contributed by atoms with Crippen molar-refractivity contribution in [1.82, 2.24) is 0 Å². The summed E-state index contributed by atoms with van der Waals surface area (Å²) in [6.07, 6.45) is 1.52. The van der Waals surface area contributed by atoms with Crippen molar-refractivity contribution in [2.45, 2.75) is 32.2 Å². The van der Waals surface area contributed by atoms with Crippen molar-refractivity contribution in [3.8, 4) is 0 Å². The van der Waals surface area contributed by atoms with Crippen molar-refractivity contribution in [3.63, 3.8) is 0 Å². The van der Waals surface area contributed by atoms with E-state index in [9.17, 15) is 10.2 Å². The molecule has 0 amide bonds. The molecule has 0 bridgehead atoms. The number of rotatable bonds is 9.